The van der Waals surface area contributed by atoms with Crippen molar-refractivity contribution in [2.24, 2.45) is 11.7 Å². The van der Waals surface area contributed by atoms with Crippen molar-refractivity contribution in [1.29, 1.82) is 0 Å². The SMILES string of the molecule is CCC(CCN)CCc1nc(-c2cscc2C)no1. The maximum atomic E-state index is 5.61. The minimum absolute atomic E-state index is 0.656. The fraction of sp³-hybridized carbons (Fsp3) is 0.571. The smallest absolute Gasteiger partial charge is 0.226 e. The third kappa shape index (κ3) is 3.64. The van der Waals surface area contributed by atoms with Gasteiger partial charge in [0.25, 0.3) is 0 Å². The topological polar surface area (TPSA) is 64.9 Å². The summed E-state index contributed by atoms with van der Waals surface area (Å²) in [6, 6.07) is 0. The second-order valence-corrected chi connectivity index (χ2v) is 5.61. The van der Waals surface area contributed by atoms with Gasteiger partial charge in [-0.25, -0.2) is 0 Å². The van der Waals surface area contributed by atoms with Gasteiger partial charge in [-0.05, 0) is 43.2 Å². The Morgan fingerprint density at radius 2 is 2.21 bits per heavy atom. The van der Waals surface area contributed by atoms with Crippen LogP contribution in [0.5, 0.6) is 0 Å². The maximum absolute atomic E-state index is 5.61. The molecule has 19 heavy (non-hydrogen) atoms. The van der Waals surface area contributed by atoms with E-state index in [1.165, 1.54) is 5.56 Å². The standard InChI is InChI=1S/C14H21N3OS/c1-3-11(6-7-15)4-5-13-16-14(17-18-13)12-9-19-8-10(12)2/h8-9,11H,3-7,15H2,1-2H3. The molecule has 2 aromatic heterocycles. The molecule has 2 aromatic rings. The number of nitrogens with two attached hydrogens (primary N) is 1. The first kappa shape index (κ1) is 14.2. The van der Waals surface area contributed by atoms with Crippen LogP contribution in [-0.2, 0) is 6.42 Å². The van der Waals surface area contributed by atoms with Gasteiger partial charge in [-0.3, -0.25) is 0 Å². The van der Waals surface area contributed by atoms with Crippen LogP contribution >= 0.6 is 11.3 Å². The number of hydrogen-bond acceptors (Lipinski definition) is 5. The van der Waals surface area contributed by atoms with Crippen LogP contribution < -0.4 is 5.73 Å². The minimum atomic E-state index is 0.656. The van der Waals surface area contributed by atoms with Gasteiger partial charge >= 0.3 is 0 Å². The Bertz CT molecular complexity index is 506. The number of thiophene rings is 1. The molecule has 2 heterocycles. The van der Waals surface area contributed by atoms with Gasteiger partial charge in [0.1, 0.15) is 0 Å². The lowest BCUT2D eigenvalue weighted by atomic mass is 9.97. The molecule has 1 atom stereocenters. The molecule has 0 fully saturated rings. The Kier molecular flexibility index (Phi) is 5.10. The largest absolute Gasteiger partial charge is 0.339 e. The second kappa shape index (κ2) is 6.82. The molecule has 0 amide bonds. The van der Waals surface area contributed by atoms with Gasteiger partial charge in [0.15, 0.2) is 0 Å². The summed E-state index contributed by atoms with van der Waals surface area (Å²) >= 11 is 1.66. The number of nitrogens with zero attached hydrogens (tertiary/aromatic N) is 2. The van der Waals surface area contributed by atoms with Crippen molar-refractivity contribution >= 4 is 11.3 Å². The maximum Gasteiger partial charge on any atom is 0.226 e. The van der Waals surface area contributed by atoms with Crippen molar-refractivity contribution in [1.82, 2.24) is 10.1 Å². The van der Waals surface area contributed by atoms with Gasteiger partial charge < -0.3 is 10.3 Å². The molecule has 1 unspecified atom stereocenters. The molecule has 0 bridgehead atoms. The summed E-state index contributed by atoms with van der Waals surface area (Å²) in [5.74, 6) is 2.10. The molecule has 0 aliphatic carbocycles. The zero-order valence-corrected chi connectivity index (χ0v) is 12.4. The molecular formula is C14H21N3OS. The third-order valence-electron chi connectivity index (χ3n) is 3.48. The first-order valence-electron chi connectivity index (χ1n) is 6.80. The van der Waals surface area contributed by atoms with Gasteiger partial charge in [0.05, 0.1) is 0 Å². The van der Waals surface area contributed by atoms with E-state index in [1.54, 1.807) is 11.3 Å². The molecule has 0 saturated heterocycles. The average molecular weight is 279 g/mol. The van der Waals surface area contributed by atoms with E-state index in [0.29, 0.717) is 11.7 Å². The van der Waals surface area contributed by atoms with E-state index in [2.05, 4.69) is 34.7 Å². The van der Waals surface area contributed by atoms with E-state index < -0.39 is 0 Å². The van der Waals surface area contributed by atoms with Crippen LogP contribution in [0.2, 0.25) is 0 Å². The lowest BCUT2D eigenvalue weighted by molar-refractivity contribution is 0.354. The van der Waals surface area contributed by atoms with Crippen LogP contribution in [0, 0.1) is 12.8 Å². The van der Waals surface area contributed by atoms with Gasteiger partial charge in [-0.15, -0.1) is 0 Å². The van der Waals surface area contributed by atoms with Crippen molar-refractivity contribution in [2.75, 3.05) is 6.54 Å². The first-order chi connectivity index (χ1) is 9.24. The van der Waals surface area contributed by atoms with Crippen LogP contribution in [0.4, 0.5) is 0 Å². The number of rotatable bonds is 7. The van der Waals surface area contributed by atoms with E-state index in [-0.39, 0.29) is 0 Å². The molecule has 2 rings (SSSR count). The van der Waals surface area contributed by atoms with Crippen molar-refractivity contribution in [3.05, 3.63) is 22.2 Å². The average Bonchev–Trinajstić information content (AvgIpc) is 3.03. The van der Waals surface area contributed by atoms with Crippen molar-refractivity contribution in [2.45, 2.75) is 39.5 Å². The minimum Gasteiger partial charge on any atom is -0.339 e. The van der Waals surface area contributed by atoms with Crippen molar-refractivity contribution in [3.63, 3.8) is 0 Å². The summed E-state index contributed by atoms with van der Waals surface area (Å²) in [5, 5.41) is 8.22. The lowest BCUT2D eigenvalue weighted by Crippen LogP contribution is -2.09. The van der Waals surface area contributed by atoms with Crippen LogP contribution in [0.1, 0.15) is 37.6 Å². The van der Waals surface area contributed by atoms with Gasteiger partial charge in [-0.1, -0.05) is 18.5 Å². The molecule has 4 nitrogen and oxygen atoms in total. The van der Waals surface area contributed by atoms with Crippen LogP contribution in [-0.4, -0.2) is 16.7 Å². The molecule has 0 aliphatic heterocycles. The summed E-state index contributed by atoms with van der Waals surface area (Å²) in [7, 11) is 0. The summed E-state index contributed by atoms with van der Waals surface area (Å²) in [4.78, 5) is 4.48. The number of hydrogen-bond donors (Lipinski definition) is 1. The Morgan fingerprint density at radius 3 is 2.84 bits per heavy atom. The Hall–Kier alpha value is -1.20. The van der Waals surface area contributed by atoms with Crippen molar-refractivity contribution < 1.29 is 4.52 Å². The van der Waals surface area contributed by atoms with E-state index in [9.17, 15) is 0 Å². The fourth-order valence-electron chi connectivity index (χ4n) is 2.17. The van der Waals surface area contributed by atoms with E-state index >= 15 is 0 Å². The lowest BCUT2D eigenvalue weighted by Gasteiger charge is -2.11. The Labute approximate surface area is 118 Å². The molecule has 0 radical (unpaired) electrons. The highest BCUT2D eigenvalue weighted by Gasteiger charge is 2.13. The predicted molar refractivity (Wildman–Crippen MR) is 78.1 cm³/mol. The highest BCUT2D eigenvalue weighted by Crippen LogP contribution is 2.24. The Balaban J connectivity index is 1.96. The monoisotopic (exact) mass is 279 g/mol. The zero-order chi connectivity index (χ0) is 13.7. The molecule has 0 aliphatic rings. The van der Waals surface area contributed by atoms with Crippen molar-refractivity contribution in [3.8, 4) is 11.4 Å². The van der Waals surface area contributed by atoms with E-state index in [4.69, 9.17) is 10.3 Å². The highest BCUT2D eigenvalue weighted by atomic mass is 32.1. The quantitative estimate of drug-likeness (QED) is 0.843. The summed E-state index contributed by atoms with van der Waals surface area (Å²) in [6.45, 7) is 5.02. The number of aryl methyl sites for hydroxylation is 2. The van der Waals surface area contributed by atoms with Gasteiger partial charge in [0.2, 0.25) is 11.7 Å². The molecule has 0 spiro atoms. The van der Waals surface area contributed by atoms with Gasteiger partial charge in [0, 0.05) is 17.4 Å². The van der Waals surface area contributed by atoms with Gasteiger partial charge in [-0.2, -0.15) is 16.3 Å². The summed E-state index contributed by atoms with van der Waals surface area (Å²) in [6.07, 6.45) is 4.13. The fourth-order valence-corrected chi connectivity index (χ4v) is 3.00. The molecular weight excluding hydrogens is 258 g/mol. The molecule has 104 valence electrons. The first-order valence-corrected chi connectivity index (χ1v) is 7.74. The van der Waals surface area contributed by atoms with E-state index in [0.717, 1.165) is 43.7 Å². The number of aromatic nitrogens is 2. The molecule has 2 N–H and O–H groups in total. The summed E-state index contributed by atoms with van der Waals surface area (Å²) < 4.78 is 5.33. The molecule has 0 aromatic carbocycles. The summed E-state index contributed by atoms with van der Waals surface area (Å²) in [5.41, 5.74) is 7.89. The molecule has 5 heteroatoms. The predicted octanol–water partition coefficient (Wildman–Crippen LogP) is 3.41. The highest BCUT2D eigenvalue weighted by molar-refractivity contribution is 7.08. The van der Waals surface area contributed by atoms with Crippen LogP contribution in [0.15, 0.2) is 15.3 Å². The second-order valence-electron chi connectivity index (χ2n) is 4.87. The van der Waals surface area contributed by atoms with E-state index in [1.807, 2.05) is 0 Å². The molecule has 0 saturated carbocycles. The normalized spacial score (nSPS) is 12.8. The third-order valence-corrected chi connectivity index (χ3v) is 4.34. The Morgan fingerprint density at radius 1 is 1.37 bits per heavy atom. The van der Waals surface area contributed by atoms with Crippen LogP contribution in [0.3, 0.4) is 0 Å². The van der Waals surface area contributed by atoms with Crippen LogP contribution in [0.25, 0.3) is 11.4 Å². The zero-order valence-electron chi connectivity index (χ0n) is 11.6.